The lowest BCUT2D eigenvalue weighted by atomic mass is 10.2. The van der Waals surface area contributed by atoms with Crippen LogP contribution >= 0.6 is 0 Å². The Labute approximate surface area is 216 Å². The van der Waals surface area contributed by atoms with E-state index in [4.69, 9.17) is 4.74 Å². The number of sulfonamides is 1. The number of carbonyl (C=O) groups is 1. The first-order valence-corrected chi connectivity index (χ1v) is 12.7. The normalized spacial score (nSPS) is 13.9. The number of esters is 1. The third-order valence-corrected chi connectivity index (χ3v) is 7.55. The number of ether oxygens (including phenoxy) is 1. The van der Waals surface area contributed by atoms with Crippen LogP contribution in [0.15, 0.2) is 76.7 Å². The number of carbonyl (C=O) groups excluding carboxylic acids is 1. The standard InChI is InChI=1S/C24H21N5O8S/c30-24(18-4-3-5-19(14-18)28(31)32)37-20-8-6-17(7-9-20)16-25-26-22-11-10-21(15-23(22)29(33)34)38(35,36)27-12-1-2-13-27/h3-11,14-16,26H,1-2,12-13H2/b25-16-. The average molecular weight is 540 g/mol. The maximum absolute atomic E-state index is 12.7. The van der Waals surface area contributed by atoms with E-state index in [0.29, 0.717) is 18.7 Å². The van der Waals surface area contributed by atoms with E-state index in [-0.39, 0.29) is 27.6 Å². The molecule has 0 radical (unpaired) electrons. The lowest BCUT2D eigenvalue weighted by molar-refractivity contribution is -0.384. The number of nitrogens with zero attached hydrogens (tertiary/aromatic N) is 4. The van der Waals surface area contributed by atoms with Crippen molar-refractivity contribution in [1.82, 2.24) is 4.31 Å². The first-order valence-electron chi connectivity index (χ1n) is 11.3. The molecule has 0 aromatic heterocycles. The van der Waals surface area contributed by atoms with E-state index in [9.17, 15) is 33.4 Å². The monoisotopic (exact) mass is 539 g/mol. The zero-order chi connectivity index (χ0) is 27.3. The summed E-state index contributed by atoms with van der Waals surface area (Å²) in [4.78, 5) is 33.3. The zero-order valence-electron chi connectivity index (χ0n) is 19.7. The summed E-state index contributed by atoms with van der Waals surface area (Å²) in [6.45, 7) is 0.764. The lowest BCUT2D eigenvalue weighted by Crippen LogP contribution is -2.27. The lowest BCUT2D eigenvalue weighted by Gasteiger charge is -2.15. The van der Waals surface area contributed by atoms with E-state index >= 15 is 0 Å². The molecule has 0 bridgehead atoms. The Morgan fingerprint density at radius 1 is 0.974 bits per heavy atom. The molecule has 0 unspecified atom stereocenters. The number of nitro groups is 2. The summed E-state index contributed by atoms with van der Waals surface area (Å²) in [6, 6.07) is 14.9. The van der Waals surface area contributed by atoms with E-state index in [1.807, 2.05) is 0 Å². The van der Waals surface area contributed by atoms with E-state index in [1.165, 1.54) is 53.0 Å². The van der Waals surface area contributed by atoms with Crippen molar-refractivity contribution < 1.29 is 27.8 Å². The molecule has 38 heavy (non-hydrogen) atoms. The highest BCUT2D eigenvalue weighted by molar-refractivity contribution is 7.89. The van der Waals surface area contributed by atoms with Gasteiger partial charge in [-0.1, -0.05) is 6.07 Å². The number of nitrogens with one attached hydrogen (secondary N) is 1. The largest absolute Gasteiger partial charge is 0.423 e. The van der Waals surface area contributed by atoms with Crippen molar-refractivity contribution in [3.63, 3.8) is 0 Å². The third-order valence-electron chi connectivity index (χ3n) is 5.65. The summed E-state index contributed by atoms with van der Waals surface area (Å²) >= 11 is 0. The van der Waals surface area contributed by atoms with Gasteiger partial charge in [-0.05, 0) is 60.9 Å². The second-order valence-corrected chi connectivity index (χ2v) is 10.1. The van der Waals surface area contributed by atoms with Gasteiger partial charge < -0.3 is 4.74 Å². The highest BCUT2D eigenvalue weighted by Gasteiger charge is 2.29. The van der Waals surface area contributed by atoms with Gasteiger partial charge in [-0.15, -0.1) is 0 Å². The van der Waals surface area contributed by atoms with Gasteiger partial charge in [0.15, 0.2) is 0 Å². The maximum Gasteiger partial charge on any atom is 0.343 e. The van der Waals surface area contributed by atoms with Crippen LogP contribution < -0.4 is 10.2 Å². The Morgan fingerprint density at radius 2 is 1.68 bits per heavy atom. The molecule has 196 valence electrons. The SMILES string of the molecule is O=C(Oc1ccc(/C=N\Nc2ccc(S(=O)(=O)N3CCCC3)cc2[N+](=O)[O-])cc1)c1cccc([N+](=O)[O-])c1. The van der Waals surface area contributed by atoms with Gasteiger partial charge in [0.05, 0.1) is 26.5 Å². The average Bonchev–Trinajstić information content (AvgIpc) is 3.46. The van der Waals surface area contributed by atoms with Gasteiger partial charge in [-0.2, -0.15) is 9.41 Å². The third kappa shape index (κ3) is 5.99. The summed E-state index contributed by atoms with van der Waals surface area (Å²) in [5, 5.41) is 26.4. The van der Waals surface area contributed by atoms with E-state index in [2.05, 4.69) is 10.5 Å². The predicted octanol–water partition coefficient (Wildman–Crippen LogP) is 3.95. The zero-order valence-corrected chi connectivity index (χ0v) is 20.5. The van der Waals surface area contributed by atoms with E-state index in [0.717, 1.165) is 25.0 Å². The molecule has 4 rings (SSSR count). The van der Waals surface area contributed by atoms with Gasteiger partial charge in [0.2, 0.25) is 10.0 Å². The first kappa shape index (κ1) is 26.4. The molecular weight excluding hydrogens is 518 g/mol. The summed E-state index contributed by atoms with van der Waals surface area (Å²) in [6.07, 6.45) is 2.86. The fraction of sp³-hybridized carbons (Fsp3) is 0.167. The van der Waals surface area contributed by atoms with Crippen LogP contribution in [0.2, 0.25) is 0 Å². The molecule has 3 aromatic carbocycles. The number of benzene rings is 3. The molecule has 3 aromatic rings. The first-order chi connectivity index (χ1) is 18.1. The summed E-state index contributed by atoms with van der Waals surface area (Å²) < 4.78 is 32.0. The molecule has 0 aliphatic carbocycles. The molecule has 1 saturated heterocycles. The van der Waals surface area contributed by atoms with Crippen LogP contribution in [0.1, 0.15) is 28.8 Å². The molecule has 14 heteroatoms. The number of hydrogen-bond donors (Lipinski definition) is 1. The van der Waals surface area contributed by atoms with Gasteiger partial charge in [0.1, 0.15) is 11.4 Å². The summed E-state index contributed by atoms with van der Waals surface area (Å²) in [5.41, 5.74) is 2.47. The number of non-ortho nitro benzene ring substituents is 1. The van der Waals surface area contributed by atoms with Crippen molar-refractivity contribution in [2.45, 2.75) is 17.7 Å². The molecule has 0 spiro atoms. The number of anilines is 1. The topological polar surface area (TPSA) is 174 Å². The van der Waals surface area contributed by atoms with Crippen LogP contribution in [0, 0.1) is 20.2 Å². The number of nitro benzene ring substituents is 2. The minimum atomic E-state index is -3.81. The maximum atomic E-state index is 12.7. The highest BCUT2D eigenvalue weighted by atomic mass is 32.2. The minimum absolute atomic E-state index is 0.00845. The number of hydrazone groups is 1. The minimum Gasteiger partial charge on any atom is -0.423 e. The van der Waals surface area contributed by atoms with Crippen molar-refractivity contribution in [3.8, 4) is 5.75 Å². The van der Waals surface area contributed by atoms with Crippen LogP contribution in [0.3, 0.4) is 0 Å². The Bertz CT molecular complexity index is 1520. The van der Waals surface area contributed by atoms with Crippen LogP contribution in [0.5, 0.6) is 5.75 Å². The molecule has 0 amide bonds. The Balaban J connectivity index is 1.42. The number of rotatable bonds is 9. The van der Waals surface area contributed by atoms with E-state index in [1.54, 1.807) is 12.1 Å². The van der Waals surface area contributed by atoms with Crippen molar-refractivity contribution >= 4 is 39.3 Å². The van der Waals surface area contributed by atoms with Gasteiger partial charge in [-0.25, -0.2) is 13.2 Å². The van der Waals surface area contributed by atoms with Crippen LogP contribution in [0.25, 0.3) is 0 Å². The molecule has 1 fully saturated rings. The van der Waals surface area contributed by atoms with Gasteiger partial charge in [0, 0.05) is 31.3 Å². The summed E-state index contributed by atoms with van der Waals surface area (Å²) in [5.74, 6) is -0.573. The molecule has 0 atom stereocenters. The van der Waals surface area contributed by atoms with Crippen molar-refractivity contribution in [2.75, 3.05) is 18.5 Å². The van der Waals surface area contributed by atoms with Crippen molar-refractivity contribution in [1.29, 1.82) is 0 Å². The van der Waals surface area contributed by atoms with Crippen molar-refractivity contribution in [2.24, 2.45) is 5.10 Å². The summed E-state index contributed by atoms with van der Waals surface area (Å²) in [7, 11) is -3.81. The van der Waals surface area contributed by atoms with Crippen molar-refractivity contribution in [3.05, 3.63) is 98.1 Å². The second-order valence-electron chi connectivity index (χ2n) is 8.18. The smallest absolute Gasteiger partial charge is 0.343 e. The fourth-order valence-corrected chi connectivity index (χ4v) is 5.24. The molecule has 13 nitrogen and oxygen atoms in total. The fourth-order valence-electron chi connectivity index (χ4n) is 3.71. The van der Waals surface area contributed by atoms with E-state index < -0.39 is 31.5 Å². The second kappa shape index (κ2) is 11.1. The Hall–Kier alpha value is -4.69. The molecule has 1 aliphatic rings. The van der Waals surface area contributed by atoms with Crippen LogP contribution in [-0.2, 0) is 10.0 Å². The molecule has 1 N–H and O–H groups in total. The van der Waals surface area contributed by atoms with Gasteiger partial charge in [0.25, 0.3) is 11.4 Å². The molecule has 1 heterocycles. The number of hydrogen-bond acceptors (Lipinski definition) is 10. The Kier molecular flexibility index (Phi) is 7.74. The Morgan fingerprint density at radius 3 is 2.34 bits per heavy atom. The van der Waals surface area contributed by atoms with Gasteiger partial charge >= 0.3 is 5.97 Å². The molecule has 1 aliphatic heterocycles. The quantitative estimate of drug-likeness (QED) is 0.139. The predicted molar refractivity (Wildman–Crippen MR) is 137 cm³/mol. The van der Waals surface area contributed by atoms with Crippen LogP contribution in [-0.4, -0.2) is 47.8 Å². The molecular formula is C24H21N5O8S. The van der Waals surface area contributed by atoms with Crippen LogP contribution in [0.4, 0.5) is 17.1 Å². The van der Waals surface area contributed by atoms with Gasteiger partial charge in [-0.3, -0.25) is 25.7 Å². The molecule has 0 saturated carbocycles. The highest BCUT2D eigenvalue weighted by Crippen LogP contribution is 2.30.